The first-order valence-corrected chi connectivity index (χ1v) is 10.7. The van der Waals surface area contributed by atoms with Crippen molar-refractivity contribution in [2.24, 2.45) is 4.99 Å². The van der Waals surface area contributed by atoms with Gasteiger partial charge < -0.3 is 10.6 Å². The van der Waals surface area contributed by atoms with Gasteiger partial charge in [-0.2, -0.15) is 0 Å². The van der Waals surface area contributed by atoms with Crippen molar-refractivity contribution in [3.05, 3.63) is 51.7 Å². The minimum absolute atomic E-state index is 0. The molecule has 9 heteroatoms. The molecule has 0 saturated heterocycles. The number of rotatable bonds is 7. The van der Waals surface area contributed by atoms with Gasteiger partial charge in [0.2, 0.25) is 10.0 Å². The van der Waals surface area contributed by atoms with Crippen LogP contribution in [0.15, 0.2) is 46.3 Å². The van der Waals surface area contributed by atoms with Gasteiger partial charge in [0.1, 0.15) is 0 Å². The molecule has 2 rings (SSSR count). The van der Waals surface area contributed by atoms with E-state index in [-0.39, 0.29) is 34.9 Å². The quantitative estimate of drug-likeness (QED) is 0.297. The predicted molar refractivity (Wildman–Crippen MR) is 124 cm³/mol. The SMILES string of the molecule is CN=C(NCc1cccc(S(=O)(=O)NC)c1)NC(C)Cc1ccc(C)s1.I. The van der Waals surface area contributed by atoms with Gasteiger partial charge in [0.05, 0.1) is 4.90 Å². The van der Waals surface area contributed by atoms with Crippen LogP contribution in [0.25, 0.3) is 0 Å². The van der Waals surface area contributed by atoms with Crippen LogP contribution in [-0.2, 0) is 23.0 Å². The Morgan fingerprint density at radius 2 is 2.00 bits per heavy atom. The van der Waals surface area contributed by atoms with E-state index in [0.29, 0.717) is 12.5 Å². The van der Waals surface area contributed by atoms with Crippen molar-refractivity contribution in [1.29, 1.82) is 0 Å². The molecule has 0 spiro atoms. The summed E-state index contributed by atoms with van der Waals surface area (Å²) in [6.45, 7) is 4.70. The van der Waals surface area contributed by atoms with Crippen LogP contribution in [0, 0.1) is 6.92 Å². The minimum atomic E-state index is -3.44. The van der Waals surface area contributed by atoms with Crippen molar-refractivity contribution in [2.45, 2.75) is 37.8 Å². The van der Waals surface area contributed by atoms with Crippen LogP contribution in [0.5, 0.6) is 0 Å². The molecule has 0 bridgehead atoms. The number of aliphatic imine (C=N–C) groups is 1. The summed E-state index contributed by atoms with van der Waals surface area (Å²) < 4.78 is 26.1. The van der Waals surface area contributed by atoms with E-state index < -0.39 is 10.0 Å². The highest BCUT2D eigenvalue weighted by Gasteiger charge is 2.12. The third kappa shape index (κ3) is 7.40. The van der Waals surface area contributed by atoms with Gasteiger partial charge in [0, 0.05) is 35.8 Å². The van der Waals surface area contributed by atoms with E-state index in [0.717, 1.165) is 12.0 Å². The van der Waals surface area contributed by atoms with E-state index in [1.807, 2.05) is 6.07 Å². The number of nitrogens with zero attached hydrogens (tertiary/aromatic N) is 1. The standard InChI is InChI=1S/C18H26N4O2S2.HI/c1-13(10-16-9-8-14(2)25-16)22-18(19-3)21-12-15-6-5-7-17(11-15)26(23,24)20-4;/h5-9,11,13,20H,10,12H2,1-4H3,(H2,19,21,22);1H. The highest BCUT2D eigenvalue weighted by atomic mass is 127. The second kappa shape index (κ2) is 11.0. The Bertz CT molecular complexity index is 866. The van der Waals surface area contributed by atoms with Crippen LogP contribution in [-0.4, -0.2) is 34.5 Å². The lowest BCUT2D eigenvalue weighted by Gasteiger charge is -2.17. The Balaban J connectivity index is 0.00000364. The second-order valence-electron chi connectivity index (χ2n) is 6.04. The second-order valence-corrected chi connectivity index (χ2v) is 9.30. The summed E-state index contributed by atoms with van der Waals surface area (Å²) in [6, 6.07) is 11.4. The van der Waals surface area contributed by atoms with Crippen LogP contribution in [0.4, 0.5) is 0 Å². The van der Waals surface area contributed by atoms with E-state index in [2.05, 4.69) is 46.3 Å². The normalized spacial score (nSPS) is 13.0. The highest BCUT2D eigenvalue weighted by molar-refractivity contribution is 14.0. The Hall–Kier alpha value is -1.17. The molecule has 1 unspecified atom stereocenters. The number of thiophene rings is 1. The molecule has 3 N–H and O–H groups in total. The van der Waals surface area contributed by atoms with Gasteiger partial charge in [-0.25, -0.2) is 13.1 Å². The van der Waals surface area contributed by atoms with Gasteiger partial charge in [0.25, 0.3) is 0 Å². The third-order valence-corrected chi connectivity index (χ3v) is 6.28. The molecule has 0 saturated carbocycles. The fraction of sp³-hybridized carbons (Fsp3) is 0.389. The predicted octanol–water partition coefficient (Wildman–Crippen LogP) is 2.88. The van der Waals surface area contributed by atoms with E-state index in [9.17, 15) is 8.42 Å². The fourth-order valence-corrected chi connectivity index (χ4v) is 4.32. The Labute approximate surface area is 182 Å². The lowest BCUT2D eigenvalue weighted by molar-refractivity contribution is 0.588. The minimum Gasteiger partial charge on any atom is -0.354 e. The van der Waals surface area contributed by atoms with Crippen LogP contribution < -0.4 is 15.4 Å². The van der Waals surface area contributed by atoms with Crippen LogP contribution in [0.2, 0.25) is 0 Å². The number of hydrogen-bond acceptors (Lipinski definition) is 4. The molecule has 1 heterocycles. The van der Waals surface area contributed by atoms with Crippen LogP contribution in [0.1, 0.15) is 22.2 Å². The third-order valence-electron chi connectivity index (χ3n) is 3.85. The highest BCUT2D eigenvalue weighted by Crippen LogP contribution is 2.16. The fourth-order valence-electron chi connectivity index (χ4n) is 2.50. The molecule has 2 aromatic rings. The molecule has 0 radical (unpaired) electrons. The molecule has 150 valence electrons. The molecule has 1 aromatic heterocycles. The molecule has 0 aliphatic carbocycles. The number of aryl methyl sites for hydroxylation is 1. The Morgan fingerprint density at radius 3 is 2.59 bits per heavy atom. The van der Waals surface area contributed by atoms with Crippen LogP contribution >= 0.6 is 35.3 Å². The number of nitrogens with one attached hydrogen (secondary N) is 3. The molecule has 0 amide bonds. The lowest BCUT2D eigenvalue weighted by Crippen LogP contribution is -2.42. The molecule has 1 atom stereocenters. The van der Waals surface area contributed by atoms with Gasteiger partial charge in [-0.1, -0.05) is 12.1 Å². The van der Waals surface area contributed by atoms with Crippen molar-refractivity contribution in [3.63, 3.8) is 0 Å². The van der Waals surface area contributed by atoms with Crippen molar-refractivity contribution in [2.75, 3.05) is 14.1 Å². The van der Waals surface area contributed by atoms with E-state index >= 15 is 0 Å². The molecule has 0 aliphatic heterocycles. The van der Waals surface area contributed by atoms with Crippen molar-refractivity contribution < 1.29 is 8.42 Å². The van der Waals surface area contributed by atoms with E-state index in [1.165, 1.54) is 16.8 Å². The van der Waals surface area contributed by atoms with Gasteiger partial charge in [-0.15, -0.1) is 35.3 Å². The number of guanidine groups is 1. The average molecular weight is 522 g/mol. The van der Waals surface area contributed by atoms with Crippen LogP contribution in [0.3, 0.4) is 0 Å². The van der Waals surface area contributed by atoms with E-state index in [1.54, 1.807) is 36.6 Å². The Kier molecular flexibility index (Phi) is 9.71. The zero-order chi connectivity index (χ0) is 19.2. The number of halogens is 1. The summed E-state index contributed by atoms with van der Waals surface area (Å²) in [4.78, 5) is 7.15. The van der Waals surface area contributed by atoms with Crippen molar-refractivity contribution in [3.8, 4) is 0 Å². The maximum atomic E-state index is 11.9. The van der Waals surface area contributed by atoms with Crippen molar-refractivity contribution in [1.82, 2.24) is 15.4 Å². The van der Waals surface area contributed by atoms with E-state index in [4.69, 9.17) is 0 Å². The lowest BCUT2D eigenvalue weighted by atomic mass is 10.2. The molecule has 27 heavy (non-hydrogen) atoms. The summed E-state index contributed by atoms with van der Waals surface area (Å²) in [5.41, 5.74) is 0.866. The largest absolute Gasteiger partial charge is 0.354 e. The molecular weight excluding hydrogens is 495 g/mol. The molecule has 6 nitrogen and oxygen atoms in total. The van der Waals surface area contributed by atoms with Gasteiger partial charge >= 0.3 is 0 Å². The molecule has 1 aromatic carbocycles. The zero-order valence-electron chi connectivity index (χ0n) is 15.9. The Morgan fingerprint density at radius 1 is 1.26 bits per heavy atom. The smallest absolute Gasteiger partial charge is 0.240 e. The first kappa shape index (κ1) is 23.9. The zero-order valence-corrected chi connectivity index (χ0v) is 19.9. The number of hydrogen-bond donors (Lipinski definition) is 3. The maximum Gasteiger partial charge on any atom is 0.240 e. The summed E-state index contributed by atoms with van der Waals surface area (Å²) in [6.07, 6.45) is 0.926. The summed E-state index contributed by atoms with van der Waals surface area (Å²) >= 11 is 1.80. The molecule has 0 fully saturated rings. The monoisotopic (exact) mass is 522 g/mol. The topological polar surface area (TPSA) is 82.6 Å². The maximum absolute atomic E-state index is 11.9. The van der Waals surface area contributed by atoms with Crippen molar-refractivity contribution >= 4 is 51.3 Å². The van der Waals surface area contributed by atoms with Gasteiger partial charge in [0.15, 0.2) is 5.96 Å². The number of sulfonamides is 1. The molecule has 0 aliphatic rings. The summed E-state index contributed by atoms with van der Waals surface area (Å²) in [5, 5.41) is 6.60. The first-order valence-electron chi connectivity index (χ1n) is 8.39. The van der Waals surface area contributed by atoms with Gasteiger partial charge in [-0.3, -0.25) is 4.99 Å². The summed E-state index contributed by atoms with van der Waals surface area (Å²) in [7, 11) is -0.312. The van der Waals surface area contributed by atoms with Gasteiger partial charge in [-0.05, 0) is 50.7 Å². The molecular formula is C18H27IN4O2S2. The first-order chi connectivity index (χ1) is 12.3. The average Bonchev–Trinajstić information content (AvgIpc) is 3.03. The number of benzene rings is 1. The summed E-state index contributed by atoms with van der Waals surface area (Å²) in [5.74, 6) is 0.688.